The number of thiophene rings is 1. The summed E-state index contributed by atoms with van der Waals surface area (Å²) in [5.41, 5.74) is 7.99. The van der Waals surface area contributed by atoms with E-state index in [1.807, 2.05) is 54.6 Å². The molecular weight excluding hydrogens is 462 g/mol. The van der Waals surface area contributed by atoms with Crippen molar-refractivity contribution in [3.63, 3.8) is 0 Å². The Morgan fingerprint density at radius 3 is 2.60 bits per heavy atom. The van der Waals surface area contributed by atoms with Crippen LogP contribution in [0.15, 0.2) is 66.9 Å². The number of para-hydroxylation sites is 1. The van der Waals surface area contributed by atoms with Crippen LogP contribution < -0.4 is 26.0 Å². The van der Waals surface area contributed by atoms with Crippen LogP contribution in [-0.2, 0) is 0 Å². The van der Waals surface area contributed by atoms with Crippen molar-refractivity contribution in [2.24, 2.45) is 5.73 Å². The highest BCUT2D eigenvalue weighted by Gasteiger charge is 2.34. The number of carbonyl (C=O) groups is 2. The largest absolute Gasteiger partial charge is 0.457 e. The lowest BCUT2D eigenvalue weighted by atomic mass is 10.1. The number of rotatable bonds is 5. The molecule has 2 aromatic carbocycles. The molecule has 0 spiro atoms. The van der Waals surface area contributed by atoms with Gasteiger partial charge in [0, 0.05) is 18.3 Å². The van der Waals surface area contributed by atoms with Crippen molar-refractivity contribution in [3.8, 4) is 11.5 Å². The topological polar surface area (TPSA) is 110 Å². The summed E-state index contributed by atoms with van der Waals surface area (Å²) in [7, 11) is 0. The molecule has 1 aliphatic heterocycles. The summed E-state index contributed by atoms with van der Waals surface area (Å²) >= 11 is 1.27. The van der Waals surface area contributed by atoms with Gasteiger partial charge in [-0.15, -0.1) is 11.3 Å². The van der Waals surface area contributed by atoms with E-state index in [2.05, 4.69) is 15.6 Å². The van der Waals surface area contributed by atoms with Gasteiger partial charge >= 0.3 is 6.03 Å². The number of nitrogens with one attached hydrogen (secondary N) is 2. The first-order valence-corrected chi connectivity index (χ1v) is 12.3. The van der Waals surface area contributed by atoms with Crippen LogP contribution in [0, 0.1) is 0 Å². The van der Waals surface area contributed by atoms with Crippen LogP contribution in [0.1, 0.15) is 28.9 Å². The van der Waals surface area contributed by atoms with Crippen molar-refractivity contribution in [2.45, 2.75) is 31.3 Å². The highest BCUT2D eigenvalue weighted by Crippen LogP contribution is 2.46. The molecule has 0 saturated heterocycles. The fourth-order valence-corrected chi connectivity index (χ4v) is 5.71. The molecule has 0 unspecified atom stereocenters. The number of urea groups is 1. The number of anilines is 3. The Hall–Kier alpha value is -3.95. The highest BCUT2D eigenvalue weighted by molar-refractivity contribution is 7.21. The van der Waals surface area contributed by atoms with Crippen LogP contribution in [-0.4, -0.2) is 29.0 Å². The number of aromatic nitrogens is 1. The van der Waals surface area contributed by atoms with Gasteiger partial charge < -0.3 is 21.1 Å². The fourth-order valence-electron chi connectivity index (χ4n) is 4.69. The van der Waals surface area contributed by atoms with Gasteiger partial charge in [-0.2, -0.15) is 0 Å². The molecule has 4 N–H and O–H groups in total. The minimum atomic E-state index is -0.341. The van der Waals surface area contributed by atoms with E-state index in [0.29, 0.717) is 32.5 Å². The standard InChI is InChI=1S/C26H23N5O3S/c27-18-7-4-8-19(18)29-24(32)23-22-21-20(13-14-28-25(21)35-23)31(26(33)30-22)15-9-11-17(12-10-15)34-16-5-2-1-3-6-16/h1-3,5-6,9-14,18-19H,4,7-8,27H2,(H,29,32)(H,30,33)/t18-,19+/m1/s1. The maximum Gasteiger partial charge on any atom is 0.331 e. The Kier molecular flexibility index (Phi) is 5.35. The van der Waals surface area contributed by atoms with Crippen molar-refractivity contribution in [1.29, 1.82) is 0 Å². The Morgan fingerprint density at radius 1 is 1.09 bits per heavy atom. The number of ether oxygens (including phenoxy) is 1. The lowest BCUT2D eigenvalue weighted by Gasteiger charge is -2.28. The van der Waals surface area contributed by atoms with E-state index in [1.165, 1.54) is 11.3 Å². The summed E-state index contributed by atoms with van der Waals surface area (Å²) in [5.74, 6) is 1.17. The SMILES string of the molecule is N[C@@H]1CCC[C@@H]1NC(=O)c1sc2nccc3c2c1NC(=O)N3c1ccc(Oc2ccccc2)cc1. The van der Waals surface area contributed by atoms with Crippen LogP contribution in [0.4, 0.5) is 21.9 Å². The zero-order chi connectivity index (χ0) is 23.9. The average Bonchev–Trinajstić information content (AvgIpc) is 3.44. The van der Waals surface area contributed by atoms with E-state index in [4.69, 9.17) is 10.5 Å². The third-order valence-corrected chi connectivity index (χ3v) is 7.51. The van der Waals surface area contributed by atoms with Crippen LogP contribution in [0.2, 0.25) is 0 Å². The summed E-state index contributed by atoms with van der Waals surface area (Å²) in [4.78, 5) is 33.6. The predicted octanol–water partition coefficient (Wildman–Crippen LogP) is 5.38. The van der Waals surface area contributed by atoms with Gasteiger partial charge in [0.1, 0.15) is 21.2 Å². The first-order chi connectivity index (χ1) is 17.1. The predicted molar refractivity (Wildman–Crippen MR) is 137 cm³/mol. The van der Waals surface area contributed by atoms with Gasteiger partial charge in [0.15, 0.2) is 0 Å². The van der Waals surface area contributed by atoms with E-state index in [9.17, 15) is 9.59 Å². The monoisotopic (exact) mass is 485 g/mol. The molecule has 3 heterocycles. The van der Waals surface area contributed by atoms with E-state index in [-0.39, 0.29) is 24.0 Å². The molecule has 1 saturated carbocycles. The van der Waals surface area contributed by atoms with Gasteiger partial charge in [-0.3, -0.25) is 9.69 Å². The number of amides is 3. The molecule has 1 fully saturated rings. The second-order valence-electron chi connectivity index (χ2n) is 8.67. The molecule has 6 rings (SSSR count). The second-order valence-corrected chi connectivity index (χ2v) is 9.66. The number of nitrogens with two attached hydrogens (primary N) is 1. The summed E-state index contributed by atoms with van der Waals surface area (Å²) in [6.45, 7) is 0. The highest BCUT2D eigenvalue weighted by atomic mass is 32.1. The number of pyridine rings is 1. The molecule has 0 radical (unpaired) electrons. The minimum absolute atomic E-state index is 0.0442. The first kappa shape index (κ1) is 21.6. The molecule has 35 heavy (non-hydrogen) atoms. The number of benzene rings is 2. The molecule has 3 amide bonds. The molecule has 0 bridgehead atoms. The van der Waals surface area contributed by atoms with Crippen LogP contribution in [0.3, 0.4) is 0 Å². The number of hydrogen-bond donors (Lipinski definition) is 3. The number of hydrogen-bond acceptors (Lipinski definition) is 6. The van der Waals surface area contributed by atoms with Crippen LogP contribution in [0.5, 0.6) is 11.5 Å². The number of carbonyl (C=O) groups excluding carboxylic acids is 2. The third kappa shape index (κ3) is 3.88. The maximum absolute atomic E-state index is 13.3. The zero-order valence-corrected chi connectivity index (χ0v) is 19.5. The van der Waals surface area contributed by atoms with E-state index in [0.717, 1.165) is 30.4 Å². The summed E-state index contributed by atoms with van der Waals surface area (Å²) < 4.78 is 5.87. The maximum atomic E-state index is 13.3. The van der Waals surface area contributed by atoms with Crippen molar-refractivity contribution in [3.05, 3.63) is 71.7 Å². The zero-order valence-electron chi connectivity index (χ0n) is 18.7. The molecule has 176 valence electrons. The van der Waals surface area contributed by atoms with Crippen molar-refractivity contribution in [1.82, 2.24) is 10.3 Å². The number of nitrogens with zero attached hydrogens (tertiary/aromatic N) is 2. The molecule has 8 nitrogen and oxygen atoms in total. The lowest BCUT2D eigenvalue weighted by Crippen LogP contribution is -2.44. The average molecular weight is 486 g/mol. The van der Waals surface area contributed by atoms with Gasteiger partial charge in [-0.1, -0.05) is 18.2 Å². The Morgan fingerprint density at radius 2 is 1.86 bits per heavy atom. The molecule has 9 heteroatoms. The van der Waals surface area contributed by atoms with Crippen molar-refractivity contribution < 1.29 is 14.3 Å². The quantitative estimate of drug-likeness (QED) is 0.352. The van der Waals surface area contributed by atoms with Gasteiger partial charge in [0.05, 0.1) is 22.4 Å². The van der Waals surface area contributed by atoms with E-state index < -0.39 is 0 Å². The van der Waals surface area contributed by atoms with Crippen molar-refractivity contribution in [2.75, 3.05) is 10.2 Å². The molecule has 2 aliphatic rings. The molecule has 2 aromatic heterocycles. The molecular formula is C26H23N5O3S. The fraction of sp³-hybridized carbons (Fsp3) is 0.192. The minimum Gasteiger partial charge on any atom is -0.457 e. The van der Waals surface area contributed by atoms with Crippen LogP contribution in [0.25, 0.3) is 10.2 Å². The third-order valence-electron chi connectivity index (χ3n) is 6.41. The van der Waals surface area contributed by atoms with Gasteiger partial charge in [-0.05, 0) is 61.7 Å². The van der Waals surface area contributed by atoms with E-state index in [1.54, 1.807) is 17.2 Å². The van der Waals surface area contributed by atoms with Crippen LogP contribution >= 0.6 is 11.3 Å². The Bertz CT molecular complexity index is 1420. The van der Waals surface area contributed by atoms with Gasteiger partial charge in [0.2, 0.25) is 0 Å². The summed E-state index contributed by atoms with van der Waals surface area (Å²) in [6.07, 6.45) is 4.42. The molecule has 2 atom stereocenters. The summed E-state index contributed by atoms with van der Waals surface area (Å²) in [5, 5.41) is 6.73. The second kappa shape index (κ2) is 8.68. The lowest BCUT2D eigenvalue weighted by molar-refractivity contribution is 0.0939. The van der Waals surface area contributed by atoms with Gasteiger partial charge in [0.25, 0.3) is 5.91 Å². The molecule has 1 aliphatic carbocycles. The van der Waals surface area contributed by atoms with E-state index >= 15 is 0 Å². The summed E-state index contributed by atoms with van der Waals surface area (Å²) in [6, 6.07) is 18.2. The molecule has 4 aromatic rings. The smallest absolute Gasteiger partial charge is 0.331 e. The first-order valence-electron chi connectivity index (χ1n) is 11.5. The Labute approximate surface area is 205 Å². The Balaban J connectivity index is 1.32. The normalized spacial score (nSPS) is 19.0. The van der Waals surface area contributed by atoms with Gasteiger partial charge in [-0.25, -0.2) is 9.78 Å². The van der Waals surface area contributed by atoms with Crippen molar-refractivity contribution >= 4 is 50.6 Å².